The van der Waals surface area contributed by atoms with Gasteiger partial charge in [0, 0.05) is 12.1 Å². The maximum atomic E-state index is 11.8. The van der Waals surface area contributed by atoms with E-state index in [1.807, 2.05) is 6.07 Å². The van der Waals surface area contributed by atoms with Crippen molar-refractivity contribution in [2.24, 2.45) is 5.73 Å². The molecule has 1 amide bonds. The maximum absolute atomic E-state index is 11.8. The fourth-order valence-electron chi connectivity index (χ4n) is 1.48. The first-order valence-electron chi connectivity index (χ1n) is 5.63. The highest BCUT2D eigenvalue weighted by atomic mass is 16.1. The molecule has 0 aliphatic rings. The molecule has 0 bridgehead atoms. The summed E-state index contributed by atoms with van der Waals surface area (Å²) in [6.07, 6.45) is 2.24. The first-order valence-corrected chi connectivity index (χ1v) is 5.63. The Kier molecular flexibility index (Phi) is 3.98. The van der Waals surface area contributed by atoms with Gasteiger partial charge in [-0.05, 0) is 41.6 Å². The Bertz CT molecular complexity index is 510. The predicted octanol–water partition coefficient (Wildman–Crippen LogP) is -0.259. The van der Waals surface area contributed by atoms with Gasteiger partial charge in [0.25, 0.3) is 5.91 Å². The van der Waals surface area contributed by atoms with E-state index in [0.29, 0.717) is 18.7 Å². The van der Waals surface area contributed by atoms with Gasteiger partial charge >= 0.3 is 0 Å². The number of nitrogens with one attached hydrogen (secondary N) is 1. The Morgan fingerprint density at radius 2 is 2.33 bits per heavy atom. The average molecular weight is 246 g/mol. The molecule has 0 spiro atoms. The molecule has 0 fully saturated rings. The van der Waals surface area contributed by atoms with Crippen LogP contribution in [0.5, 0.6) is 0 Å². The van der Waals surface area contributed by atoms with Gasteiger partial charge in [-0.25, -0.2) is 4.68 Å². The van der Waals surface area contributed by atoms with E-state index in [1.54, 1.807) is 18.2 Å². The van der Waals surface area contributed by atoms with E-state index in [-0.39, 0.29) is 5.91 Å². The van der Waals surface area contributed by atoms with Crippen molar-refractivity contribution in [3.8, 4) is 5.69 Å². The molecule has 18 heavy (non-hydrogen) atoms. The Hall–Kier alpha value is -2.28. The van der Waals surface area contributed by atoms with E-state index in [9.17, 15) is 4.79 Å². The molecule has 1 aromatic carbocycles. The quantitative estimate of drug-likeness (QED) is 0.708. The van der Waals surface area contributed by atoms with E-state index in [4.69, 9.17) is 5.73 Å². The number of carbonyl (C=O) groups excluding carboxylic acids is 1. The number of tetrazole rings is 1. The van der Waals surface area contributed by atoms with E-state index < -0.39 is 0 Å². The number of nitrogens with zero attached hydrogens (tertiary/aromatic N) is 4. The SMILES string of the molecule is NCCCNC(=O)c1cccc(-n2cnnn2)c1. The lowest BCUT2D eigenvalue weighted by molar-refractivity contribution is 0.0953. The summed E-state index contributed by atoms with van der Waals surface area (Å²) in [5.74, 6) is -0.127. The van der Waals surface area contributed by atoms with Gasteiger partial charge < -0.3 is 11.1 Å². The normalized spacial score (nSPS) is 10.3. The molecule has 0 atom stereocenters. The van der Waals surface area contributed by atoms with Gasteiger partial charge in [-0.15, -0.1) is 5.10 Å². The molecule has 1 heterocycles. The lowest BCUT2D eigenvalue weighted by Gasteiger charge is -2.05. The zero-order valence-electron chi connectivity index (χ0n) is 9.78. The van der Waals surface area contributed by atoms with Crippen LogP contribution in [0.2, 0.25) is 0 Å². The van der Waals surface area contributed by atoms with Crippen LogP contribution in [0.4, 0.5) is 0 Å². The Balaban J connectivity index is 2.10. The minimum Gasteiger partial charge on any atom is -0.352 e. The Labute approximate surface area is 104 Å². The molecule has 94 valence electrons. The third kappa shape index (κ3) is 2.89. The molecule has 7 heteroatoms. The van der Waals surface area contributed by atoms with Crippen LogP contribution in [-0.4, -0.2) is 39.2 Å². The second-order valence-corrected chi connectivity index (χ2v) is 3.70. The lowest BCUT2D eigenvalue weighted by Crippen LogP contribution is -2.26. The summed E-state index contributed by atoms with van der Waals surface area (Å²) in [5, 5.41) is 13.7. The monoisotopic (exact) mass is 246 g/mol. The third-order valence-corrected chi connectivity index (χ3v) is 2.39. The van der Waals surface area contributed by atoms with Crippen LogP contribution in [0, 0.1) is 0 Å². The first kappa shape index (κ1) is 12.2. The Morgan fingerprint density at radius 1 is 1.44 bits per heavy atom. The van der Waals surface area contributed by atoms with Crippen molar-refractivity contribution < 1.29 is 4.79 Å². The smallest absolute Gasteiger partial charge is 0.251 e. The van der Waals surface area contributed by atoms with Gasteiger partial charge in [0.15, 0.2) is 0 Å². The molecule has 0 unspecified atom stereocenters. The van der Waals surface area contributed by atoms with Gasteiger partial charge in [-0.1, -0.05) is 6.07 Å². The van der Waals surface area contributed by atoms with Crippen LogP contribution in [-0.2, 0) is 0 Å². The topological polar surface area (TPSA) is 98.7 Å². The lowest BCUT2D eigenvalue weighted by atomic mass is 10.2. The van der Waals surface area contributed by atoms with Gasteiger partial charge in [-0.3, -0.25) is 4.79 Å². The fourth-order valence-corrected chi connectivity index (χ4v) is 1.48. The summed E-state index contributed by atoms with van der Waals surface area (Å²) in [5.41, 5.74) is 6.68. The van der Waals surface area contributed by atoms with Crippen LogP contribution in [0.25, 0.3) is 5.69 Å². The second kappa shape index (κ2) is 5.87. The maximum Gasteiger partial charge on any atom is 0.251 e. The molecular formula is C11H14N6O. The summed E-state index contributed by atoms with van der Waals surface area (Å²) in [4.78, 5) is 11.8. The molecule has 0 aliphatic heterocycles. The molecule has 7 nitrogen and oxygen atoms in total. The minimum atomic E-state index is -0.127. The number of amides is 1. The molecule has 3 N–H and O–H groups in total. The van der Waals surface area contributed by atoms with Crippen molar-refractivity contribution in [3.05, 3.63) is 36.2 Å². The summed E-state index contributed by atoms with van der Waals surface area (Å²) in [6, 6.07) is 7.08. The number of hydrogen-bond donors (Lipinski definition) is 2. The molecule has 0 saturated heterocycles. The number of benzene rings is 1. The van der Waals surface area contributed by atoms with E-state index >= 15 is 0 Å². The van der Waals surface area contributed by atoms with Crippen LogP contribution < -0.4 is 11.1 Å². The highest BCUT2D eigenvalue weighted by Gasteiger charge is 2.06. The Morgan fingerprint density at radius 3 is 3.06 bits per heavy atom. The van der Waals surface area contributed by atoms with Gasteiger partial charge in [0.2, 0.25) is 0 Å². The van der Waals surface area contributed by atoms with Crippen molar-refractivity contribution in [3.63, 3.8) is 0 Å². The summed E-state index contributed by atoms with van der Waals surface area (Å²) < 4.78 is 1.50. The van der Waals surface area contributed by atoms with Gasteiger partial charge in [0.1, 0.15) is 6.33 Å². The summed E-state index contributed by atoms with van der Waals surface area (Å²) >= 11 is 0. The molecule has 2 rings (SSSR count). The predicted molar refractivity (Wildman–Crippen MR) is 65.2 cm³/mol. The standard InChI is InChI=1S/C11H14N6O/c12-5-2-6-13-11(18)9-3-1-4-10(7-9)17-8-14-15-16-17/h1,3-4,7-8H,2,5-6,12H2,(H,13,18). The summed E-state index contributed by atoms with van der Waals surface area (Å²) in [6.45, 7) is 1.13. The van der Waals surface area contributed by atoms with Crippen molar-refractivity contribution in [2.75, 3.05) is 13.1 Å². The number of aromatic nitrogens is 4. The largest absolute Gasteiger partial charge is 0.352 e. The molecule has 1 aromatic heterocycles. The van der Waals surface area contributed by atoms with Crippen molar-refractivity contribution >= 4 is 5.91 Å². The second-order valence-electron chi connectivity index (χ2n) is 3.70. The minimum absolute atomic E-state index is 0.127. The fraction of sp³-hybridized carbons (Fsp3) is 0.273. The van der Waals surface area contributed by atoms with E-state index in [1.165, 1.54) is 11.0 Å². The molecule has 2 aromatic rings. The number of carbonyl (C=O) groups is 1. The van der Waals surface area contributed by atoms with Crippen LogP contribution in [0.15, 0.2) is 30.6 Å². The molecular weight excluding hydrogens is 232 g/mol. The third-order valence-electron chi connectivity index (χ3n) is 2.39. The molecule has 0 aliphatic carbocycles. The molecule has 0 saturated carbocycles. The van der Waals surface area contributed by atoms with E-state index in [2.05, 4.69) is 20.8 Å². The van der Waals surface area contributed by atoms with Crippen LogP contribution in [0.1, 0.15) is 16.8 Å². The number of rotatable bonds is 5. The highest BCUT2D eigenvalue weighted by molar-refractivity contribution is 5.94. The van der Waals surface area contributed by atoms with Gasteiger partial charge in [-0.2, -0.15) is 0 Å². The van der Waals surface area contributed by atoms with E-state index in [0.717, 1.165) is 12.1 Å². The van der Waals surface area contributed by atoms with Crippen molar-refractivity contribution in [1.29, 1.82) is 0 Å². The molecule has 0 radical (unpaired) electrons. The zero-order chi connectivity index (χ0) is 12.8. The van der Waals surface area contributed by atoms with Crippen molar-refractivity contribution in [1.82, 2.24) is 25.5 Å². The first-order chi connectivity index (χ1) is 8.81. The van der Waals surface area contributed by atoms with Crippen molar-refractivity contribution in [2.45, 2.75) is 6.42 Å². The highest BCUT2D eigenvalue weighted by Crippen LogP contribution is 2.08. The number of hydrogen-bond acceptors (Lipinski definition) is 5. The average Bonchev–Trinajstić information content (AvgIpc) is 2.93. The summed E-state index contributed by atoms with van der Waals surface area (Å²) in [7, 11) is 0. The zero-order valence-corrected chi connectivity index (χ0v) is 9.78. The van der Waals surface area contributed by atoms with Gasteiger partial charge in [0.05, 0.1) is 5.69 Å². The number of nitrogens with two attached hydrogens (primary N) is 1. The van der Waals surface area contributed by atoms with Crippen LogP contribution >= 0.6 is 0 Å². The van der Waals surface area contributed by atoms with Crippen LogP contribution in [0.3, 0.4) is 0 Å².